The second kappa shape index (κ2) is 7.63. The predicted molar refractivity (Wildman–Crippen MR) is 97.1 cm³/mol. The van der Waals surface area contributed by atoms with Crippen molar-refractivity contribution in [3.05, 3.63) is 25.9 Å². The molecule has 2 aromatic rings. The molecule has 0 aromatic carbocycles. The molecule has 6 nitrogen and oxygen atoms in total. The summed E-state index contributed by atoms with van der Waals surface area (Å²) in [5, 5.41) is 11.7. The number of aryl methyl sites for hydroxylation is 2. The normalized spacial score (nSPS) is 11.0. The van der Waals surface area contributed by atoms with E-state index in [0.29, 0.717) is 5.82 Å². The van der Waals surface area contributed by atoms with Crippen LogP contribution in [0.15, 0.2) is 8.95 Å². The lowest BCUT2D eigenvalue weighted by molar-refractivity contribution is -0.127. The summed E-state index contributed by atoms with van der Waals surface area (Å²) < 4.78 is 4.06. The predicted octanol–water partition coefficient (Wildman–Crippen LogP) is 3.74. The molecule has 0 saturated carbocycles. The summed E-state index contributed by atoms with van der Waals surface area (Å²) in [6.07, 6.45) is 2.94. The number of rotatable bonds is 6. The number of nitrogens with one attached hydrogen (secondary N) is 2. The van der Waals surface area contributed by atoms with Gasteiger partial charge in [-0.2, -0.15) is 0 Å². The van der Waals surface area contributed by atoms with Crippen LogP contribution in [0.5, 0.6) is 0 Å². The van der Waals surface area contributed by atoms with Crippen molar-refractivity contribution in [1.29, 1.82) is 0 Å². The van der Waals surface area contributed by atoms with Crippen LogP contribution in [0.1, 0.15) is 36.7 Å². The van der Waals surface area contributed by atoms with Gasteiger partial charge >= 0.3 is 0 Å². The van der Waals surface area contributed by atoms with E-state index in [1.165, 1.54) is 0 Å². The number of imidazole rings is 1. The number of carbonyl (C=O) groups is 1. The van der Waals surface area contributed by atoms with Gasteiger partial charge in [0.25, 0.3) is 5.91 Å². The molecule has 126 valence electrons. The van der Waals surface area contributed by atoms with Crippen LogP contribution in [0.25, 0.3) is 5.65 Å². The largest absolute Gasteiger partial charge is 0.359 e. The van der Waals surface area contributed by atoms with Gasteiger partial charge in [0.1, 0.15) is 5.82 Å². The Kier molecular flexibility index (Phi) is 6.05. The standard InChI is InChI=1S/C15H20Br2N4O2/c1-4-5-6-10-14(18-7-11(22)20-23)19-15-13(17)8(2)12(16)9(3)21(10)15/h18,23H,4-7H2,1-3H3,(H,20,22). The molecule has 0 aliphatic rings. The summed E-state index contributed by atoms with van der Waals surface area (Å²) in [5.74, 6) is 0.167. The van der Waals surface area contributed by atoms with E-state index >= 15 is 0 Å². The maximum Gasteiger partial charge on any atom is 0.262 e. The van der Waals surface area contributed by atoms with Crippen LogP contribution in [0, 0.1) is 13.8 Å². The molecular formula is C15H20Br2N4O2. The van der Waals surface area contributed by atoms with Gasteiger partial charge < -0.3 is 5.32 Å². The number of carbonyl (C=O) groups excluding carboxylic acids is 1. The summed E-state index contributed by atoms with van der Waals surface area (Å²) in [5.41, 5.74) is 5.63. The third kappa shape index (κ3) is 3.54. The lowest BCUT2D eigenvalue weighted by Gasteiger charge is -2.12. The van der Waals surface area contributed by atoms with Crippen molar-refractivity contribution < 1.29 is 10.0 Å². The molecule has 0 atom stereocenters. The van der Waals surface area contributed by atoms with Crippen molar-refractivity contribution >= 4 is 49.2 Å². The van der Waals surface area contributed by atoms with Crippen LogP contribution in [0.2, 0.25) is 0 Å². The fourth-order valence-electron chi connectivity index (χ4n) is 2.52. The highest BCUT2D eigenvalue weighted by molar-refractivity contribution is 9.11. The van der Waals surface area contributed by atoms with Crippen molar-refractivity contribution in [2.45, 2.75) is 40.0 Å². The van der Waals surface area contributed by atoms with Gasteiger partial charge in [0.05, 0.1) is 16.7 Å². The fraction of sp³-hybridized carbons (Fsp3) is 0.467. The van der Waals surface area contributed by atoms with Gasteiger partial charge in [-0.15, -0.1) is 0 Å². The zero-order valence-electron chi connectivity index (χ0n) is 13.3. The molecule has 0 saturated heterocycles. The van der Waals surface area contributed by atoms with Crippen molar-refractivity contribution in [1.82, 2.24) is 14.9 Å². The van der Waals surface area contributed by atoms with Gasteiger partial charge in [0, 0.05) is 10.2 Å². The number of hydrogen-bond acceptors (Lipinski definition) is 4. The molecule has 0 aliphatic heterocycles. The Morgan fingerprint density at radius 2 is 2.00 bits per heavy atom. The second-order valence-corrected chi connectivity index (χ2v) is 6.98. The number of hydrogen-bond donors (Lipinski definition) is 3. The molecule has 0 aliphatic carbocycles. The fourth-order valence-corrected chi connectivity index (χ4v) is 3.62. The first kappa shape index (κ1) is 18.2. The second-order valence-electron chi connectivity index (χ2n) is 5.40. The number of nitrogens with zero attached hydrogens (tertiary/aromatic N) is 2. The first-order valence-corrected chi connectivity index (χ1v) is 9.03. The van der Waals surface area contributed by atoms with Crippen molar-refractivity contribution in [2.75, 3.05) is 11.9 Å². The van der Waals surface area contributed by atoms with E-state index < -0.39 is 5.91 Å². The Balaban J connectivity index is 2.59. The number of fused-ring (bicyclic) bond motifs is 1. The van der Waals surface area contributed by atoms with Crippen LogP contribution < -0.4 is 10.8 Å². The zero-order valence-corrected chi connectivity index (χ0v) is 16.5. The van der Waals surface area contributed by atoms with Crippen molar-refractivity contribution in [3.8, 4) is 0 Å². The third-order valence-corrected chi connectivity index (χ3v) is 5.91. The number of halogens is 2. The van der Waals surface area contributed by atoms with Gasteiger partial charge in [0.15, 0.2) is 5.65 Å². The molecule has 0 radical (unpaired) electrons. The molecule has 3 N–H and O–H groups in total. The first-order chi connectivity index (χ1) is 10.9. The molecule has 2 rings (SSSR count). The zero-order chi connectivity index (χ0) is 17.1. The number of unbranched alkanes of at least 4 members (excludes halogenated alkanes) is 1. The topological polar surface area (TPSA) is 78.7 Å². The molecule has 0 unspecified atom stereocenters. The third-order valence-electron chi connectivity index (χ3n) is 3.79. The minimum absolute atomic E-state index is 0.0314. The molecule has 0 fully saturated rings. The minimum Gasteiger partial charge on any atom is -0.359 e. The van der Waals surface area contributed by atoms with E-state index in [9.17, 15) is 4.79 Å². The Hall–Kier alpha value is -1.12. The van der Waals surface area contributed by atoms with E-state index in [1.54, 1.807) is 5.48 Å². The van der Waals surface area contributed by atoms with E-state index in [1.807, 2.05) is 13.8 Å². The van der Waals surface area contributed by atoms with Gasteiger partial charge in [0.2, 0.25) is 0 Å². The Morgan fingerprint density at radius 1 is 1.30 bits per heavy atom. The summed E-state index contributed by atoms with van der Waals surface area (Å²) in [6, 6.07) is 0. The Bertz CT molecular complexity index is 743. The highest BCUT2D eigenvalue weighted by atomic mass is 79.9. The number of anilines is 1. The molecular weight excluding hydrogens is 428 g/mol. The van der Waals surface area contributed by atoms with Crippen LogP contribution in [-0.4, -0.2) is 27.0 Å². The van der Waals surface area contributed by atoms with E-state index in [4.69, 9.17) is 5.21 Å². The summed E-state index contributed by atoms with van der Waals surface area (Å²) in [7, 11) is 0. The van der Waals surface area contributed by atoms with E-state index in [0.717, 1.165) is 50.8 Å². The molecule has 0 bridgehead atoms. The minimum atomic E-state index is -0.503. The van der Waals surface area contributed by atoms with Crippen molar-refractivity contribution in [2.24, 2.45) is 0 Å². The van der Waals surface area contributed by atoms with E-state index in [-0.39, 0.29) is 6.54 Å². The average Bonchev–Trinajstić information content (AvgIpc) is 2.92. The highest BCUT2D eigenvalue weighted by Gasteiger charge is 2.19. The van der Waals surface area contributed by atoms with E-state index in [2.05, 4.69) is 53.5 Å². The summed E-state index contributed by atoms with van der Waals surface area (Å²) in [4.78, 5) is 15.9. The van der Waals surface area contributed by atoms with Crippen LogP contribution in [-0.2, 0) is 11.2 Å². The first-order valence-electron chi connectivity index (χ1n) is 7.44. The summed E-state index contributed by atoms with van der Waals surface area (Å²) >= 11 is 7.25. The van der Waals surface area contributed by atoms with Gasteiger partial charge in [-0.3, -0.25) is 14.4 Å². The van der Waals surface area contributed by atoms with Gasteiger partial charge in [-0.05, 0) is 64.1 Å². The molecule has 23 heavy (non-hydrogen) atoms. The van der Waals surface area contributed by atoms with Gasteiger partial charge in [-0.25, -0.2) is 10.5 Å². The maximum absolute atomic E-state index is 11.3. The van der Waals surface area contributed by atoms with Crippen LogP contribution >= 0.6 is 31.9 Å². The van der Waals surface area contributed by atoms with Crippen LogP contribution in [0.3, 0.4) is 0 Å². The monoisotopic (exact) mass is 446 g/mol. The maximum atomic E-state index is 11.3. The number of hydroxylamine groups is 1. The lowest BCUT2D eigenvalue weighted by Crippen LogP contribution is -2.27. The lowest BCUT2D eigenvalue weighted by atomic mass is 10.2. The van der Waals surface area contributed by atoms with Crippen molar-refractivity contribution in [3.63, 3.8) is 0 Å². The smallest absolute Gasteiger partial charge is 0.262 e. The quantitative estimate of drug-likeness (QED) is 0.465. The number of amides is 1. The molecule has 2 aromatic heterocycles. The average molecular weight is 448 g/mol. The SMILES string of the molecule is CCCCc1c(NCC(=O)NO)nc2c(Br)c(C)c(Br)c(C)n12. The highest BCUT2D eigenvalue weighted by Crippen LogP contribution is 2.34. The number of aromatic nitrogens is 2. The Labute approximate surface area is 151 Å². The molecule has 8 heteroatoms. The molecule has 1 amide bonds. The Morgan fingerprint density at radius 3 is 2.61 bits per heavy atom. The molecule has 0 spiro atoms. The van der Waals surface area contributed by atoms with Gasteiger partial charge in [-0.1, -0.05) is 13.3 Å². The summed E-state index contributed by atoms with van der Waals surface area (Å²) in [6.45, 7) is 6.17. The van der Waals surface area contributed by atoms with Crippen LogP contribution in [0.4, 0.5) is 5.82 Å². The number of pyridine rings is 1. The molecule has 2 heterocycles.